The Balaban J connectivity index is 2.49. The van der Waals surface area contributed by atoms with Crippen LogP contribution in [0.15, 0.2) is 24.3 Å². The molecule has 2 nitrogen and oxygen atoms in total. The summed E-state index contributed by atoms with van der Waals surface area (Å²) in [5.41, 5.74) is 1.64. The number of alkyl halides is 3. The van der Waals surface area contributed by atoms with Crippen LogP contribution >= 0.6 is 0 Å². The quantitative estimate of drug-likeness (QED) is 0.876. The maximum absolute atomic E-state index is 12.0. The molecule has 0 fully saturated rings. The molecular weight excluding hydrogens is 243 g/mol. The van der Waals surface area contributed by atoms with E-state index in [4.69, 9.17) is 0 Å². The van der Waals surface area contributed by atoms with Gasteiger partial charge in [0.25, 0.3) is 0 Å². The second-order valence-corrected chi connectivity index (χ2v) is 4.51. The first-order valence-electron chi connectivity index (χ1n) is 5.82. The van der Waals surface area contributed by atoms with Gasteiger partial charge in [0.15, 0.2) is 0 Å². The molecule has 0 bridgehead atoms. The van der Waals surface area contributed by atoms with Gasteiger partial charge in [-0.25, -0.2) is 0 Å². The van der Waals surface area contributed by atoms with Crippen molar-refractivity contribution in [3.63, 3.8) is 0 Å². The van der Waals surface area contributed by atoms with Gasteiger partial charge in [-0.1, -0.05) is 12.1 Å². The molecule has 1 rings (SSSR count). The van der Waals surface area contributed by atoms with E-state index in [2.05, 4.69) is 0 Å². The van der Waals surface area contributed by atoms with Gasteiger partial charge in [-0.15, -0.1) is 0 Å². The van der Waals surface area contributed by atoms with E-state index in [0.717, 1.165) is 5.69 Å². The number of halogens is 3. The molecule has 0 aliphatic rings. The number of benzene rings is 1. The van der Waals surface area contributed by atoms with Gasteiger partial charge in [-0.3, -0.25) is 0 Å². The SMILES string of the molecule is CN(C)c1ccc(C(O)CCCC(F)(F)F)cc1. The summed E-state index contributed by atoms with van der Waals surface area (Å²) >= 11 is 0. The predicted octanol–water partition coefficient (Wildman–Crippen LogP) is 3.52. The number of hydrogen-bond donors (Lipinski definition) is 1. The average Bonchev–Trinajstić information content (AvgIpc) is 2.27. The summed E-state index contributed by atoms with van der Waals surface area (Å²) < 4.78 is 35.9. The van der Waals surface area contributed by atoms with Crippen molar-refractivity contribution in [3.8, 4) is 0 Å². The molecule has 1 aromatic rings. The molecule has 1 atom stereocenters. The van der Waals surface area contributed by atoms with E-state index in [1.165, 1.54) is 0 Å². The van der Waals surface area contributed by atoms with Crippen LogP contribution in [0, 0.1) is 0 Å². The summed E-state index contributed by atoms with van der Waals surface area (Å²) in [7, 11) is 3.80. The van der Waals surface area contributed by atoms with Crippen LogP contribution in [-0.2, 0) is 0 Å². The van der Waals surface area contributed by atoms with Crippen molar-refractivity contribution in [2.24, 2.45) is 0 Å². The standard InChI is InChI=1S/C13H18F3NO/c1-17(2)11-7-5-10(6-8-11)12(18)4-3-9-13(14,15)16/h5-8,12,18H,3-4,9H2,1-2H3. The second-order valence-electron chi connectivity index (χ2n) is 4.51. The largest absolute Gasteiger partial charge is 0.389 e. The molecule has 1 unspecified atom stereocenters. The normalized spacial score (nSPS) is 13.4. The highest BCUT2D eigenvalue weighted by Gasteiger charge is 2.26. The number of anilines is 1. The maximum Gasteiger partial charge on any atom is 0.389 e. The number of rotatable bonds is 5. The summed E-state index contributed by atoms with van der Waals surface area (Å²) in [5, 5.41) is 9.77. The minimum absolute atomic E-state index is 0.0555. The van der Waals surface area contributed by atoms with E-state index in [1.807, 2.05) is 31.1 Å². The first kappa shape index (κ1) is 14.8. The van der Waals surface area contributed by atoms with Crippen molar-refractivity contribution < 1.29 is 18.3 Å². The third-order valence-corrected chi connectivity index (χ3v) is 2.73. The van der Waals surface area contributed by atoms with Gasteiger partial charge in [-0.05, 0) is 30.5 Å². The zero-order valence-electron chi connectivity index (χ0n) is 10.5. The molecule has 0 aliphatic carbocycles. The zero-order chi connectivity index (χ0) is 13.8. The van der Waals surface area contributed by atoms with Gasteiger partial charge in [0.05, 0.1) is 6.10 Å². The summed E-state index contributed by atoms with van der Waals surface area (Å²) in [6, 6.07) is 7.16. The lowest BCUT2D eigenvalue weighted by molar-refractivity contribution is -0.136. The third-order valence-electron chi connectivity index (χ3n) is 2.73. The Morgan fingerprint density at radius 2 is 1.72 bits per heavy atom. The van der Waals surface area contributed by atoms with Crippen LogP contribution in [0.1, 0.15) is 30.9 Å². The number of hydrogen-bond acceptors (Lipinski definition) is 2. The Morgan fingerprint density at radius 3 is 2.17 bits per heavy atom. The summed E-state index contributed by atoms with van der Waals surface area (Å²) in [6.07, 6.45) is -5.75. The fourth-order valence-corrected chi connectivity index (χ4v) is 1.66. The van der Waals surface area contributed by atoms with Crippen LogP contribution in [0.3, 0.4) is 0 Å². The molecule has 1 N–H and O–H groups in total. The molecule has 0 saturated carbocycles. The van der Waals surface area contributed by atoms with Gasteiger partial charge in [0.1, 0.15) is 0 Å². The van der Waals surface area contributed by atoms with Gasteiger partial charge in [-0.2, -0.15) is 13.2 Å². The first-order valence-corrected chi connectivity index (χ1v) is 5.82. The van der Waals surface area contributed by atoms with Gasteiger partial charge in [0.2, 0.25) is 0 Å². The van der Waals surface area contributed by atoms with E-state index >= 15 is 0 Å². The van der Waals surface area contributed by atoms with Crippen LogP contribution in [-0.4, -0.2) is 25.4 Å². The lowest BCUT2D eigenvalue weighted by atomic mass is 10.0. The molecule has 18 heavy (non-hydrogen) atoms. The van der Waals surface area contributed by atoms with Crippen LogP contribution in [0.25, 0.3) is 0 Å². The molecule has 1 aromatic carbocycles. The second kappa shape index (κ2) is 6.09. The smallest absolute Gasteiger partial charge is 0.388 e. The molecule has 0 amide bonds. The van der Waals surface area contributed by atoms with E-state index in [9.17, 15) is 18.3 Å². The Kier molecular flexibility index (Phi) is 5.02. The van der Waals surface area contributed by atoms with Crippen molar-refractivity contribution in [2.45, 2.75) is 31.5 Å². The van der Waals surface area contributed by atoms with E-state index < -0.39 is 18.7 Å². The fourth-order valence-electron chi connectivity index (χ4n) is 1.66. The van der Waals surface area contributed by atoms with Crippen LogP contribution in [0.4, 0.5) is 18.9 Å². The van der Waals surface area contributed by atoms with Crippen molar-refractivity contribution >= 4 is 5.69 Å². The fraction of sp³-hybridized carbons (Fsp3) is 0.538. The molecule has 0 spiro atoms. The van der Waals surface area contributed by atoms with Crippen LogP contribution in [0.5, 0.6) is 0 Å². The highest BCUT2D eigenvalue weighted by atomic mass is 19.4. The van der Waals surface area contributed by atoms with Crippen molar-refractivity contribution in [1.29, 1.82) is 0 Å². The Bertz CT molecular complexity index is 359. The molecule has 0 saturated heterocycles. The van der Waals surface area contributed by atoms with Crippen LogP contribution < -0.4 is 4.90 Å². The highest BCUT2D eigenvalue weighted by molar-refractivity contribution is 5.46. The lowest BCUT2D eigenvalue weighted by Crippen LogP contribution is -2.09. The monoisotopic (exact) mass is 261 g/mol. The third kappa shape index (κ3) is 4.96. The zero-order valence-corrected chi connectivity index (χ0v) is 10.5. The van der Waals surface area contributed by atoms with Gasteiger partial charge in [0, 0.05) is 26.2 Å². The topological polar surface area (TPSA) is 23.5 Å². The molecule has 102 valence electrons. The van der Waals surface area contributed by atoms with Crippen molar-refractivity contribution in [2.75, 3.05) is 19.0 Å². The molecule has 5 heteroatoms. The maximum atomic E-state index is 12.0. The van der Waals surface area contributed by atoms with E-state index in [-0.39, 0.29) is 12.8 Å². The highest BCUT2D eigenvalue weighted by Crippen LogP contribution is 2.26. The average molecular weight is 261 g/mol. The van der Waals surface area contributed by atoms with Gasteiger partial charge < -0.3 is 10.0 Å². The van der Waals surface area contributed by atoms with E-state index in [1.54, 1.807) is 12.1 Å². The summed E-state index contributed by atoms with van der Waals surface area (Å²) in [5.74, 6) is 0. The Morgan fingerprint density at radius 1 is 1.17 bits per heavy atom. The lowest BCUT2D eigenvalue weighted by Gasteiger charge is -2.15. The Hall–Kier alpha value is -1.23. The molecule has 0 aromatic heterocycles. The Labute approximate surface area is 105 Å². The van der Waals surface area contributed by atoms with Crippen molar-refractivity contribution in [3.05, 3.63) is 29.8 Å². The minimum atomic E-state index is -4.14. The summed E-state index contributed by atoms with van der Waals surface area (Å²) in [6.45, 7) is 0. The number of aliphatic hydroxyl groups excluding tert-OH is 1. The first-order chi connectivity index (χ1) is 8.29. The minimum Gasteiger partial charge on any atom is -0.388 e. The van der Waals surface area contributed by atoms with Crippen molar-refractivity contribution in [1.82, 2.24) is 0 Å². The molecular formula is C13H18F3NO. The number of nitrogens with zero attached hydrogens (tertiary/aromatic N) is 1. The van der Waals surface area contributed by atoms with Gasteiger partial charge >= 0.3 is 6.18 Å². The number of aliphatic hydroxyl groups is 1. The van der Waals surface area contributed by atoms with E-state index in [0.29, 0.717) is 5.56 Å². The molecule has 0 radical (unpaired) electrons. The molecule has 0 aliphatic heterocycles. The summed E-state index contributed by atoms with van der Waals surface area (Å²) in [4.78, 5) is 1.92. The van der Waals surface area contributed by atoms with Crippen LogP contribution in [0.2, 0.25) is 0 Å². The predicted molar refractivity (Wildman–Crippen MR) is 65.6 cm³/mol. The molecule has 0 heterocycles.